The van der Waals surface area contributed by atoms with Gasteiger partial charge in [0.05, 0.1) is 18.7 Å². The first-order valence-corrected chi connectivity index (χ1v) is 6.30. The fourth-order valence-electron chi connectivity index (χ4n) is 2.24. The van der Waals surface area contributed by atoms with Crippen LogP contribution in [0.5, 0.6) is 5.75 Å². The van der Waals surface area contributed by atoms with E-state index in [4.69, 9.17) is 4.74 Å². The van der Waals surface area contributed by atoms with E-state index in [9.17, 15) is 9.59 Å². The summed E-state index contributed by atoms with van der Waals surface area (Å²) in [6.45, 7) is 0.414. The largest absolute Gasteiger partial charge is 0.495 e. The van der Waals surface area contributed by atoms with Crippen molar-refractivity contribution < 1.29 is 14.3 Å². The Kier molecular flexibility index (Phi) is 4.04. The van der Waals surface area contributed by atoms with Crippen LogP contribution in [0.25, 0.3) is 0 Å². The Bertz CT molecular complexity index is 477. The summed E-state index contributed by atoms with van der Waals surface area (Å²) < 4.78 is 5.26. The first kappa shape index (κ1) is 13.4. The molecule has 1 heterocycles. The van der Waals surface area contributed by atoms with Crippen molar-refractivity contribution in [1.29, 1.82) is 0 Å². The molecule has 0 saturated carbocycles. The van der Waals surface area contributed by atoms with E-state index in [0.717, 1.165) is 5.69 Å². The summed E-state index contributed by atoms with van der Waals surface area (Å²) in [6.07, 6.45) is 1.01. The average molecular weight is 262 g/mol. The molecule has 0 radical (unpaired) electrons. The maximum absolute atomic E-state index is 12.4. The van der Waals surface area contributed by atoms with Crippen LogP contribution in [0, 0.1) is 5.92 Å². The number of methoxy groups -OCH3 is 1. The van der Waals surface area contributed by atoms with Crippen molar-refractivity contribution in [2.45, 2.75) is 12.8 Å². The number of para-hydroxylation sites is 2. The van der Waals surface area contributed by atoms with Crippen molar-refractivity contribution in [3.8, 4) is 5.75 Å². The highest BCUT2D eigenvalue weighted by atomic mass is 16.5. The number of carbonyl (C=O) groups is 2. The van der Waals surface area contributed by atoms with Crippen molar-refractivity contribution in [1.82, 2.24) is 5.32 Å². The van der Waals surface area contributed by atoms with E-state index in [1.54, 1.807) is 19.1 Å². The lowest BCUT2D eigenvalue weighted by molar-refractivity contribution is -0.127. The van der Waals surface area contributed by atoms with Crippen molar-refractivity contribution in [3.05, 3.63) is 24.3 Å². The summed E-state index contributed by atoms with van der Waals surface area (Å²) in [5, 5.41) is 2.73. The third-order valence-corrected chi connectivity index (χ3v) is 3.39. The van der Waals surface area contributed by atoms with Crippen LogP contribution >= 0.6 is 0 Å². The lowest BCUT2D eigenvalue weighted by atomic mass is 9.97. The molecule has 102 valence electrons. The van der Waals surface area contributed by atoms with Crippen LogP contribution in [0.3, 0.4) is 0 Å². The smallest absolute Gasteiger partial charge is 0.231 e. The predicted octanol–water partition coefficient (Wildman–Crippen LogP) is 1.18. The van der Waals surface area contributed by atoms with Crippen LogP contribution in [0.15, 0.2) is 24.3 Å². The van der Waals surface area contributed by atoms with Crippen molar-refractivity contribution in [3.63, 3.8) is 0 Å². The molecular weight excluding hydrogens is 244 g/mol. The van der Waals surface area contributed by atoms with E-state index in [-0.39, 0.29) is 17.7 Å². The number of nitrogens with one attached hydrogen (secondary N) is 1. The molecular formula is C14H18N2O3. The van der Waals surface area contributed by atoms with Crippen LogP contribution in [0.1, 0.15) is 12.8 Å². The van der Waals surface area contributed by atoms with Gasteiger partial charge in [-0.2, -0.15) is 0 Å². The molecule has 1 aliphatic rings. The Hall–Kier alpha value is -2.04. The number of rotatable bonds is 3. The number of anilines is 1. The zero-order chi connectivity index (χ0) is 13.8. The molecule has 1 saturated heterocycles. The highest BCUT2D eigenvalue weighted by Crippen LogP contribution is 2.28. The maximum Gasteiger partial charge on any atom is 0.231 e. The van der Waals surface area contributed by atoms with E-state index >= 15 is 0 Å². The van der Waals surface area contributed by atoms with Gasteiger partial charge >= 0.3 is 0 Å². The molecule has 1 aromatic rings. The molecule has 1 unspecified atom stereocenters. The molecule has 0 spiro atoms. The Morgan fingerprint density at radius 3 is 2.79 bits per heavy atom. The fraction of sp³-hybridized carbons (Fsp3) is 0.429. The van der Waals surface area contributed by atoms with Crippen molar-refractivity contribution in [2.75, 3.05) is 25.6 Å². The van der Waals surface area contributed by atoms with Gasteiger partial charge in [-0.15, -0.1) is 0 Å². The molecule has 19 heavy (non-hydrogen) atoms. The van der Waals surface area contributed by atoms with Gasteiger partial charge in [0.1, 0.15) is 5.75 Å². The van der Waals surface area contributed by atoms with E-state index in [0.29, 0.717) is 25.1 Å². The van der Waals surface area contributed by atoms with Gasteiger partial charge in [-0.05, 0) is 18.6 Å². The first-order chi connectivity index (χ1) is 9.13. The average Bonchev–Trinajstić information content (AvgIpc) is 2.46. The van der Waals surface area contributed by atoms with Gasteiger partial charge in [0.2, 0.25) is 11.8 Å². The zero-order valence-electron chi connectivity index (χ0n) is 11.2. The number of benzene rings is 1. The minimum atomic E-state index is -0.160. The Morgan fingerprint density at radius 2 is 2.16 bits per heavy atom. The molecule has 1 aliphatic heterocycles. The molecule has 0 aliphatic carbocycles. The van der Waals surface area contributed by atoms with Gasteiger partial charge < -0.3 is 15.0 Å². The van der Waals surface area contributed by atoms with E-state index in [2.05, 4.69) is 5.32 Å². The number of amides is 2. The lowest BCUT2D eigenvalue weighted by Gasteiger charge is -2.27. The van der Waals surface area contributed by atoms with Crippen LogP contribution in [0.4, 0.5) is 5.69 Å². The van der Waals surface area contributed by atoms with Crippen molar-refractivity contribution in [2.24, 2.45) is 5.92 Å². The quantitative estimate of drug-likeness (QED) is 0.890. The van der Waals surface area contributed by atoms with E-state index < -0.39 is 0 Å². The second kappa shape index (κ2) is 5.73. The van der Waals surface area contributed by atoms with Crippen molar-refractivity contribution >= 4 is 17.5 Å². The van der Waals surface area contributed by atoms with Crippen LogP contribution < -0.4 is 15.0 Å². The highest BCUT2D eigenvalue weighted by Gasteiger charge is 2.28. The number of nitrogens with zero attached hydrogens (tertiary/aromatic N) is 1. The fourth-order valence-corrected chi connectivity index (χ4v) is 2.24. The minimum absolute atomic E-state index is 0.00417. The van der Waals surface area contributed by atoms with E-state index in [1.807, 2.05) is 24.3 Å². The standard InChI is InChI=1S/C14H18N2O3/c1-16(11-5-3-4-6-12(11)19-2)14(18)10-7-8-13(17)15-9-10/h3-6,10H,7-9H2,1-2H3,(H,15,17). The monoisotopic (exact) mass is 262 g/mol. The molecule has 1 fully saturated rings. The molecule has 0 aromatic heterocycles. The molecule has 1 aromatic carbocycles. The topological polar surface area (TPSA) is 58.6 Å². The van der Waals surface area contributed by atoms with Crippen LogP contribution in [-0.2, 0) is 9.59 Å². The van der Waals surface area contributed by atoms with Gasteiger partial charge in [0.15, 0.2) is 0 Å². The Balaban J connectivity index is 2.12. The van der Waals surface area contributed by atoms with Gasteiger partial charge in [-0.3, -0.25) is 9.59 Å². The van der Waals surface area contributed by atoms with Gasteiger partial charge in [0, 0.05) is 20.0 Å². The highest BCUT2D eigenvalue weighted by molar-refractivity contribution is 5.97. The zero-order valence-corrected chi connectivity index (χ0v) is 11.2. The van der Waals surface area contributed by atoms with Crippen LogP contribution in [-0.4, -0.2) is 32.5 Å². The predicted molar refractivity (Wildman–Crippen MR) is 72.1 cm³/mol. The molecule has 0 bridgehead atoms. The van der Waals surface area contributed by atoms with Crippen LogP contribution in [0.2, 0.25) is 0 Å². The Labute approximate surface area is 112 Å². The minimum Gasteiger partial charge on any atom is -0.495 e. The van der Waals surface area contributed by atoms with Gasteiger partial charge in [0.25, 0.3) is 0 Å². The summed E-state index contributed by atoms with van der Waals surface area (Å²) >= 11 is 0. The number of hydrogen-bond donors (Lipinski definition) is 1. The third-order valence-electron chi connectivity index (χ3n) is 3.39. The van der Waals surface area contributed by atoms with Gasteiger partial charge in [-0.1, -0.05) is 12.1 Å². The lowest BCUT2D eigenvalue weighted by Crippen LogP contribution is -2.43. The summed E-state index contributed by atoms with van der Waals surface area (Å²) in [4.78, 5) is 25.1. The second-order valence-corrected chi connectivity index (χ2v) is 4.61. The third kappa shape index (κ3) is 2.86. The number of hydrogen-bond acceptors (Lipinski definition) is 3. The molecule has 2 amide bonds. The van der Waals surface area contributed by atoms with Gasteiger partial charge in [-0.25, -0.2) is 0 Å². The summed E-state index contributed by atoms with van der Waals surface area (Å²) in [6, 6.07) is 7.39. The Morgan fingerprint density at radius 1 is 1.42 bits per heavy atom. The molecule has 2 rings (SSSR count). The molecule has 1 N–H and O–H groups in total. The summed E-state index contributed by atoms with van der Waals surface area (Å²) in [5.74, 6) is 0.527. The SMILES string of the molecule is COc1ccccc1N(C)C(=O)C1CCC(=O)NC1. The molecule has 5 heteroatoms. The molecule has 5 nitrogen and oxygen atoms in total. The number of carbonyl (C=O) groups excluding carboxylic acids is 2. The van der Waals surface area contributed by atoms with E-state index in [1.165, 1.54) is 0 Å². The summed E-state index contributed by atoms with van der Waals surface area (Å²) in [7, 11) is 3.31. The molecule has 1 atom stereocenters. The number of piperidine rings is 1. The summed E-state index contributed by atoms with van der Waals surface area (Å²) in [5.41, 5.74) is 0.743. The maximum atomic E-state index is 12.4. The number of ether oxygens (including phenoxy) is 1. The second-order valence-electron chi connectivity index (χ2n) is 4.61. The normalized spacial score (nSPS) is 18.6. The first-order valence-electron chi connectivity index (χ1n) is 6.30.